The van der Waals surface area contributed by atoms with Gasteiger partial charge in [-0.2, -0.15) is 9.13 Å². The summed E-state index contributed by atoms with van der Waals surface area (Å²) in [5.74, 6) is 0.348. The lowest BCUT2D eigenvalue weighted by molar-refractivity contribution is -0.693. The Morgan fingerprint density at radius 1 is 0.304 bits per heavy atom. The zero-order chi connectivity index (χ0) is 66.1. The Hall–Kier alpha value is -9.66. The van der Waals surface area contributed by atoms with Gasteiger partial charge in [-0.05, 0) is 111 Å². The molecule has 0 saturated carbocycles. The molecular formula is C84H110N6O2+6. The summed E-state index contributed by atoms with van der Waals surface area (Å²) < 4.78 is 12.2. The molecule has 5 aromatic carbocycles. The van der Waals surface area contributed by atoms with Crippen molar-refractivity contribution < 1.29 is 37.0 Å². The Morgan fingerprint density at radius 2 is 0.641 bits per heavy atom. The maximum absolute atomic E-state index is 11.9. The third kappa shape index (κ3) is 36.1. The molecule has 0 N–H and O–H groups in total. The molecule has 8 heteroatoms. The molecule has 0 saturated heterocycles. The van der Waals surface area contributed by atoms with E-state index < -0.39 is 0 Å². The third-order valence-electron chi connectivity index (χ3n) is 13.7. The van der Waals surface area contributed by atoms with Gasteiger partial charge in [0.15, 0.2) is 80.1 Å². The summed E-state index contributed by atoms with van der Waals surface area (Å²) in [6.07, 6.45) is 26.1. The highest BCUT2D eigenvalue weighted by Crippen LogP contribution is 2.07. The summed E-state index contributed by atoms with van der Waals surface area (Å²) in [7, 11) is 6.05. The standard InChI is InChI=1S/C14H14NO.C12H12N.C10H12O.C9H12.C8H12N.C8H10.3C7H10N.2CH4/c1-12-5-7-13(8-6-12)14(16)11-15-9-3-2-4-10-15;1-11-5-7-12(8-6-11)13-9-3-2-4-10-13;1-3-10(11)9-6-4-8(2)5-7-9;1-3-9-6-4-8(2)5-7-9;1-3-9-6-4-5-8(2)7-9;3*1-7-3-5-8(2)6-4-7;1-7-4-3-5-8(2)6-7;;/h2-10H,11H2,1H3;2-10H,1H3;4-7H,3H2,1-2H3;2*4-7H,3H2,1-2H3;4*3-6H,1-2H3;2*1H4/q2*+1;;;+1;;3*+1;;. The zero-order valence-electron chi connectivity index (χ0n) is 56.9. The van der Waals surface area contributed by atoms with Crippen LogP contribution in [0.5, 0.6) is 0 Å². The highest BCUT2D eigenvalue weighted by atomic mass is 16.1. The van der Waals surface area contributed by atoms with Crippen LogP contribution in [0.1, 0.15) is 124 Å². The highest BCUT2D eigenvalue weighted by molar-refractivity contribution is 5.96. The molecule has 0 aliphatic carbocycles. The first kappa shape index (κ1) is 80.4. The molecule has 92 heavy (non-hydrogen) atoms. The van der Waals surface area contributed by atoms with E-state index in [4.69, 9.17) is 0 Å². The minimum Gasteiger partial charge on any atom is -0.294 e. The number of hydrogen-bond donors (Lipinski definition) is 0. The van der Waals surface area contributed by atoms with Gasteiger partial charge in [-0.3, -0.25) is 9.59 Å². The molecule has 0 radical (unpaired) electrons. The first-order chi connectivity index (χ1) is 43.2. The van der Waals surface area contributed by atoms with Crippen LogP contribution in [0.4, 0.5) is 0 Å². The van der Waals surface area contributed by atoms with Gasteiger partial charge in [0, 0.05) is 101 Å². The van der Waals surface area contributed by atoms with Gasteiger partial charge in [0.05, 0.1) is 0 Å². The lowest BCUT2D eigenvalue weighted by Gasteiger charge is -1.98. The van der Waals surface area contributed by atoms with E-state index in [1.807, 2.05) is 207 Å². The zero-order valence-corrected chi connectivity index (χ0v) is 56.9. The Labute approximate surface area is 556 Å². The number of carbonyl (C=O) groups is 2. The van der Waals surface area contributed by atoms with Crippen LogP contribution in [0.2, 0.25) is 0 Å². The average molecular weight is 1240 g/mol. The topological polar surface area (TPSA) is 57.4 Å². The number of Topliss-reactive ketones (excluding diaryl/α,β-unsaturated/α-hetero) is 2. The minimum absolute atomic E-state index is 0. The fraction of sp³-hybridized carbons (Fsp3) is 0.262. The largest absolute Gasteiger partial charge is 0.294 e. The number of aryl methyl sites for hydroxylation is 15. The van der Waals surface area contributed by atoms with Gasteiger partial charge < -0.3 is 0 Å². The molecule has 8 nitrogen and oxygen atoms in total. The molecule has 11 rings (SSSR count). The monoisotopic (exact) mass is 1230 g/mol. The average Bonchev–Trinajstić information content (AvgIpc) is 2.72. The number of benzene rings is 5. The molecule has 0 fully saturated rings. The normalized spacial score (nSPS) is 9.39. The number of pyridine rings is 6. The summed E-state index contributed by atoms with van der Waals surface area (Å²) in [5, 5.41) is 0. The van der Waals surface area contributed by atoms with Crippen molar-refractivity contribution in [2.24, 2.45) is 21.1 Å². The molecule has 0 atom stereocenters. The quantitative estimate of drug-likeness (QED) is 0.112. The van der Waals surface area contributed by atoms with Crippen molar-refractivity contribution in [1.29, 1.82) is 0 Å². The van der Waals surface area contributed by atoms with Gasteiger partial charge in [0.2, 0.25) is 18.0 Å². The van der Waals surface area contributed by atoms with Gasteiger partial charge in [0.1, 0.15) is 27.7 Å². The van der Waals surface area contributed by atoms with Crippen LogP contribution in [0.25, 0.3) is 5.69 Å². The summed E-state index contributed by atoms with van der Waals surface area (Å²) in [5.41, 5.74) is 17.1. The number of hydrogen-bond acceptors (Lipinski definition) is 2. The SMILES string of the molecule is C.C.CCC(=O)c1ccc(C)cc1.CC[n+]1cccc(C)c1.CCc1ccc(C)cc1.Cc1cc[n+](C)cc1.Cc1cc[n+](C)cc1.Cc1ccc(-[n+]2ccccc2)cc1.Cc1ccc(C(=O)C[n+]2ccccc2)cc1.Cc1ccc(C)cc1.Cc1ccc[n+](C)c1. The van der Waals surface area contributed by atoms with E-state index in [2.05, 4.69) is 212 Å². The second kappa shape index (κ2) is 46.4. The van der Waals surface area contributed by atoms with Gasteiger partial charge in [0.25, 0.3) is 0 Å². The van der Waals surface area contributed by atoms with Crippen molar-refractivity contribution in [2.45, 2.75) is 131 Å². The number of nitrogens with zero attached hydrogens (tertiary/aromatic N) is 6. The van der Waals surface area contributed by atoms with Crippen LogP contribution in [-0.4, -0.2) is 11.6 Å². The van der Waals surface area contributed by atoms with Crippen molar-refractivity contribution >= 4 is 11.6 Å². The van der Waals surface area contributed by atoms with E-state index in [9.17, 15) is 9.59 Å². The number of carbonyl (C=O) groups excluding carboxylic acids is 2. The second-order valence-electron chi connectivity index (χ2n) is 22.4. The second-order valence-corrected chi connectivity index (χ2v) is 22.4. The summed E-state index contributed by atoms with van der Waals surface area (Å²) in [6.45, 7) is 28.4. The molecule has 482 valence electrons. The summed E-state index contributed by atoms with van der Waals surface area (Å²) >= 11 is 0. The molecular weight excluding hydrogens is 1120 g/mol. The van der Waals surface area contributed by atoms with Crippen LogP contribution < -0.4 is 27.4 Å². The first-order valence-electron chi connectivity index (χ1n) is 31.1. The molecule has 0 aliphatic heterocycles. The third-order valence-corrected chi connectivity index (χ3v) is 13.7. The molecule has 0 spiro atoms. The van der Waals surface area contributed by atoms with Crippen molar-refractivity contribution in [3.05, 3.63) is 353 Å². The maximum Gasteiger partial charge on any atom is 0.227 e. The van der Waals surface area contributed by atoms with Crippen LogP contribution in [0.3, 0.4) is 0 Å². The van der Waals surface area contributed by atoms with Gasteiger partial charge in [-0.1, -0.05) is 183 Å². The number of ketones is 2. The van der Waals surface area contributed by atoms with Gasteiger partial charge >= 0.3 is 0 Å². The van der Waals surface area contributed by atoms with Crippen LogP contribution >= 0.6 is 0 Å². The molecule has 0 bridgehead atoms. The molecule has 6 heterocycles. The molecule has 0 aliphatic rings. The minimum atomic E-state index is 0. The number of rotatable bonds is 8. The lowest BCUT2D eigenvalue weighted by Crippen LogP contribution is -2.36. The first-order valence-corrected chi connectivity index (χ1v) is 31.1. The van der Waals surface area contributed by atoms with E-state index in [1.54, 1.807) is 0 Å². The highest BCUT2D eigenvalue weighted by Gasteiger charge is 2.11. The van der Waals surface area contributed by atoms with Crippen molar-refractivity contribution in [3.8, 4) is 5.69 Å². The molecule has 6 aromatic heterocycles. The smallest absolute Gasteiger partial charge is 0.227 e. The van der Waals surface area contributed by atoms with E-state index >= 15 is 0 Å². The Bertz CT molecular complexity index is 3500. The van der Waals surface area contributed by atoms with E-state index in [-0.39, 0.29) is 26.4 Å². The summed E-state index contributed by atoms with van der Waals surface area (Å²) in [6, 6.07) is 69.4. The Balaban J connectivity index is 0.000000522. The lowest BCUT2D eigenvalue weighted by atomic mass is 10.1. The predicted octanol–water partition coefficient (Wildman–Crippen LogP) is 16.9. The fourth-order valence-corrected chi connectivity index (χ4v) is 7.97. The van der Waals surface area contributed by atoms with Crippen molar-refractivity contribution in [2.75, 3.05) is 0 Å². The van der Waals surface area contributed by atoms with Crippen molar-refractivity contribution in [3.63, 3.8) is 0 Å². The van der Waals surface area contributed by atoms with Gasteiger partial charge in [-0.15, -0.1) is 0 Å². The van der Waals surface area contributed by atoms with E-state index in [0.29, 0.717) is 13.0 Å². The Morgan fingerprint density at radius 3 is 0.978 bits per heavy atom. The summed E-state index contributed by atoms with van der Waals surface area (Å²) in [4.78, 5) is 23.0. The van der Waals surface area contributed by atoms with Crippen LogP contribution in [0.15, 0.2) is 281 Å². The van der Waals surface area contributed by atoms with Crippen molar-refractivity contribution in [1.82, 2.24) is 0 Å². The number of aromatic nitrogens is 6. The molecule has 0 unspecified atom stereocenters. The van der Waals surface area contributed by atoms with Gasteiger partial charge in [-0.25, -0.2) is 18.3 Å². The predicted molar refractivity (Wildman–Crippen MR) is 385 cm³/mol. The molecule has 11 aromatic rings. The maximum atomic E-state index is 11.9. The Kier molecular flexibility index (Phi) is 40.5. The molecule has 0 amide bonds. The fourth-order valence-electron chi connectivity index (χ4n) is 7.97. The van der Waals surface area contributed by atoms with E-state index in [0.717, 1.165) is 24.1 Å². The van der Waals surface area contributed by atoms with Crippen LogP contribution in [0, 0.1) is 69.2 Å². The van der Waals surface area contributed by atoms with Crippen LogP contribution in [-0.2, 0) is 40.7 Å². The van der Waals surface area contributed by atoms with E-state index in [1.165, 1.54) is 66.9 Å².